The van der Waals surface area contributed by atoms with Crippen molar-refractivity contribution >= 4 is 21.6 Å². The van der Waals surface area contributed by atoms with Gasteiger partial charge in [-0.1, -0.05) is 29.3 Å². The average molecular weight is 535 g/mol. The molecule has 6 heteroatoms. The summed E-state index contributed by atoms with van der Waals surface area (Å²) in [6.45, 7) is 6.97. The summed E-state index contributed by atoms with van der Waals surface area (Å²) in [5, 5.41) is 7.18. The highest BCUT2D eigenvalue weighted by molar-refractivity contribution is 9.10. The molecule has 0 spiro atoms. The molecule has 2 aliphatic heterocycles. The second-order valence-corrected chi connectivity index (χ2v) is 10.2. The van der Waals surface area contributed by atoms with E-state index in [1.807, 2.05) is 50.2 Å². The zero-order chi connectivity index (χ0) is 24.4. The van der Waals surface area contributed by atoms with Crippen molar-refractivity contribution in [1.82, 2.24) is 5.01 Å². The van der Waals surface area contributed by atoms with Crippen molar-refractivity contribution in [2.45, 2.75) is 58.4 Å². The van der Waals surface area contributed by atoms with Gasteiger partial charge < -0.3 is 14.2 Å². The third-order valence-electron chi connectivity index (χ3n) is 6.24. The molecular formula is C29H31BrN2O3. The number of hydrogen-bond donors (Lipinski definition) is 0. The fourth-order valence-corrected chi connectivity index (χ4v) is 4.89. The summed E-state index contributed by atoms with van der Waals surface area (Å²) in [6, 6.07) is 22.7. The molecule has 5 nitrogen and oxygen atoms in total. The van der Waals surface area contributed by atoms with Gasteiger partial charge >= 0.3 is 0 Å². The van der Waals surface area contributed by atoms with E-state index in [-0.39, 0.29) is 18.4 Å². The number of hydrogen-bond acceptors (Lipinski definition) is 5. The number of hydrazone groups is 1. The van der Waals surface area contributed by atoms with Crippen LogP contribution < -0.4 is 14.2 Å². The summed E-state index contributed by atoms with van der Waals surface area (Å²) in [5.74, 6) is 2.66. The SMILES string of the molecule is CCCCOc1ccc([C@H]2Oc3ccc(Br)cc3[C@H]3CC(c4ccc(OC(C)C)cc4)=NN32)cc1. The minimum atomic E-state index is -0.306. The van der Waals surface area contributed by atoms with Crippen molar-refractivity contribution in [3.63, 3.8) is 0 Å². The lowest BCUT2D eigenvalue weighted by Crippen LogP contribution is -2.33. The number of fused-ring (bicyclic) bond motifs is 3. The third-order valence-corrected chi connectivity index (χ3v) is 6.74. The smallest absolute Gasteiger partial charge is 0.213 e. The van der Waals surface area contributed by atoms with Gasteiger partial charge in [-0.3, -0.25) is 0 Å². The van der Waals surface area contributed by atoms with Gasteiger partial charge in [0.05, 0.1) is 24.5 Å². The van der Waals surface area contributed by atoms with Crippen LogP contribution in [0.15, 0.2) is 76.3 Å². The Morgan fingerprint density at radius 1 is 1.03 bits per heavy atom. The van der Waals surface area contributed by atoms with Crippen LogP contribution in [0.25, 0.3) is 0 Å². The van der Waals surface area contributed by atoms with Crippen LogP contribution in [0, 0.1) is 0 Å². The first kappa shape index (κ1) is 23.7. The van der Waals surface area contributed by atoms with Gasteiger partial charge in [0, 0.05) is 22.0 Å². The van der Waals surface area contributed by atoms with E-state index in [2.05, 4.69) is 58.2 Å². The van der Waals surface area contributed by atoms with Crippen LogP contribution in [-0.4, -0.2) is 23.4 Å². The standard InChI is InChI=1S/C29H31BrN2O3/c1-4-5-16-33-23-11-8-21(9-12-23)29-32-27(25-17-22(30)10-15-28(25)35-29)18-26(31-32)20-6-13-24(14-7-20)34-19(2)3/h6-15,17,19,27,29H,4-5,16,18H2,1-3H3/t27-,29-/m1/s1. The lowest BCUT2D eigenvalue weighted by Gasteiger charge is -2.38. The van der Waals surface area contributed by atoms with E-state index < -0.39 is 0 Å². The molecule has 0 radical (unpaired) electrons. The van der Waals surface area contributed by atoms with Crippen molar-refractivity contribution in [2.24, 2.45) is 5.10 Å². The van der Waals surface area contributed by atoms with E-state index in [4.69, 9.17) is 19.3 Å². The van der Waals surface area contributed by atoms with E-state index in [1.165, 1.54) is 0 Å². The maximum atomic E-state index is 6.51. The zero-order valence-corrected chi connectivity index (χ0v) is 22.0. The number of unbranched alkanes of at least 4 members (excludes halogenated alkanes) is 1. The van der Waals surface area contributed by atoms with E-state index >= 15 is 0 Å². The summed E-state index contributed by atoms with van der Waals surface area (Å²) in [6.07, 6.45) is 2.83. The molecule has 0 saturated carbocycles. The van der Waals surface area contributed by atoms with E-state index in [0.29, 0.717) is 0 Å². The average Bonchev–Trinajstić information content (AvgIpc) is 3.30. The number of rotatable bonds is 8. The van der Waals surface area contributed by atoms with Crippen LogP contribution in [0.4, 0.5) is 0 Å². The fraction of sp³-hybridized carbons (Fsp3) is 0.345. The van der Waals surface area contributed by atoms with Crippen LogP contribution in [0.2, 0.25) is 0 Å². The van der Waals surface area contributed by atoms with Crippen molar-refractivity contribution in [3.8, 4) is 17.2 Å². The predicted molar refractivity (Wildman–Crippen MR) is 142 cm³/mol. The molecule has 0 N–H and O–H groups in total. The first-order valence-corrected chi connectivity index (χ1v) is 13.1. The molecule has 0 saturated heterocycles. The molecule has 0 unspecified atom stereocenters. The molecule has 0 bridgehead atoms. The van der Waals surface area contributed by atoms with E-state index in [9.17, 15) is 0 Å². The number of ether oxygens (including phenoxy) is 3. The van der Waals surface area contributed by atoms with Crippen LogP contribution in [0.1, 0.15) is 69.0 Å². The summed E-state index contributed by atoms with van der Waals surface area (Å²) in [4.78, 5) is 0. The Balaban J connectivity index is 1.44. The highest BCUT2D eigenvalue weighted by atomic mass is 79.9. The number of benzene rings is 3. The summed E-state index contributed by atoms with van der Waals surface area (Å²) >= 11 is 3.63. The Kier molecular flexibility index (Phi) is 7.00. The third kappa shape index (κ3) is 5.18. The Hall–Kier alpha value is -2.99. The molecule has 2 atom stereocenters. The minimum absolute atomic E-state index is 0.100. The molecule has 2 aliphatic rings. The van der Waals surface area contributed by atoms with Gasteiger partial charge in [0.2, 0.25) is 6.23 Å². The first-order valence-electron chi connectivity index (χ1n) is 12.3. The highest BCUT2D eigenvalue weighted by Gasteiger charge is 2.41. The normalized spacial score (nSPS) is 18.5. The quantitative estimate of drug-likeness (QED) is 0.278. The van der Waals surface area contributed by atoms with Crippen LogP contribution in [-0.2, 0) is 0 Å². The van der Waals surface area contributed by atoms with Crippen molar-refractivity contribution in [1.29, 1.82) is 0 Å². The molecule has 0 fully saturated rings. The zero-order valence-electron chi connectivity index (χ0n) is 20.4. The Bertz CT molecular complexity index is 1190. The second-order valence-electron chi connectivity index (χ2n) is 9.26. The van der Waals surface area contributed by atoms with Gasteiger partial charge in [0.1, 0.15) is 17.2 Å². The topological polar surface area (TPSA) is 43.3 Å². The molecule has 3 aromatic carbocycles. The molecule has 3 aromatic rings. The fourth-order valence-electron chi connectivity index (χ4n) is 4.51. The lowest BCUT2D eigenvalue weighted by molar-refractivity contribution is -0.0191. The van der Waals surface area contributed by atoms with Gasteiger partial charge in [-0.25, -0.2) is 5.01 Å². The van der Waals surface area contributed by atoms with Gasteiger partial charge in [0.25, 0.3) is 0 Å². The van der Waals surface area contributed by atoms with E-state index in [0.717, 1.165) is 70.0 Å². The van der Waals surface area contributed by atoms with Gasteiger partial charge in [-0.05, 0) is 92.6 Å². The highest BCUT2D eigenvalue weighted by Crippen LogP contribution is 2.48. The molecule has 0 aliphatic carbocycles. The summed E-state index contributed by atoms with van der Waals surface area (Å²) in [5.41, 5.74) is 4.35. The first-order chi connectivity index (χ1) is 17.0. The van der Waals surface area contributed by atoms with Gasteiger partial charge in [0.15, 0.2) is 0 Å². The van der Waals surface area contributed by atoms with Crippen molar-refractivity contribution in [3.05, 3.63) is 87.9 Å². The maximum Gasteiger partial charge on any atom is 0.213 e. The molecule has 182 valence electrons. The predicted octanol–water partition coefficient (Wildman–Crippen LogP) is 7.66. The van der Waals surface area contributed by atoms with Crippen LogP contribution in [0.5, 0.6) is 17.2 Å². The molecule has 0 amide bonds. The lowest BCUT2D eigenvalue weighted by atomic mass is 9.96. The van der Waals surface area contributed by atoms with Gasteiger partial charge in [-0.2, -0.15) is 5.10 Å². The summed E-state index contributed by atoms with van der Waals surface area (Å²) < 4.78 is 19.2. The number of nitrogens with zero attached hydrogens (tertiary/aromatic N) is 2. The van der Waals surface area contributed by atoms with Gasteiger partial charge in [-0.15, -0.1) is 0 Å². The largest absolute Gasteiger partial charge is 0.494 e. The molecule has 5 rings (SSSR count). The molecule has 2 heterocycles. The van der Waals surface area contributed by atoms with E-state index in [1.54, 1.807) is 0 Å². The van der Waals surface area contributed by atoms with Crippen molar-refractivity contribution in [2.75, 3.05) is 6.61 Å². The Morgan fingerprint density at radius 2 is 1.77 bits per heavy atom. The second kappa shape index (κ2) is 10.3. The van der Waals surface area contributed by atoms with Crippen molar-refractivity contribution < 1.29 is 14.2 Å². The number of halogens is 1. The maximum absolute atomic E-state index is 6.51. The Morgan fingerprint density at radius 3 is 2.49 bits per heavy atom. The monoisotopic (exact) mass is 534 g/mol. The minimum Gasteiger partial charge on any atom is -0.494 e. The molecule has 0 aromatic heterocycles. The van der Waals surface area contributed by atoms with Crippen LogP contribution in [0.3, 0.4) is 0 Å². The van der Waals surface area contributed by atoms with Crippen LogP contribution >= 0.6 is 15.9 Å². The molecular weight excluding hydrogens is 504 g/mol. The summed E-state index contributed by atoms with van der Waals surface area (Å²) in [7, 11) is 0. The Labute approximate surface area is 215 Å². The molecule has 35 heavy (non-hydrogen) atoms.